The molecule has 0 aliphatic heterocycles. The smallest absolute Gasteiger partial charge is 0.147 e. The first-order valence-corrected chi connectivity index (χ1v) is 8.36. The molecule has 2 aromatic heterocycles. The summed E-state index contributed by atoms with van der Waals surface area (Å²) in [5, 5.41) is 4.79. The second kappa shape index (κ2) is 6.02. The molecule has 1 aliphatic carbocycles. The third-order valence-electron chi connectivity index (χ3n) is 4.71. The van der Waals surface area contributed by atoms with Crippen molar-refractivity contribution in [1.82, 2.24) is 9.36 Å². The molecule has 3 N–H and O–H groups in total. The first kappa shape index (κ1) is 14.3. The lowest BCUT2D eigenvalue weighted by Crippen LogP contribution is -2.34. The summed E-state index contributed by atoms with van der Waals surface area (Å²) in [6.45, 7) is 4.70. The Balaban J connectivity index is 1.87. The first-order valence-electron chi connectivity index (χ1n) is 7.59. The number of hydrogen-bond acceptors (Lipinski definition) is 5. The molecule has 21 heavy (non-hydrogen) atoms. The minimum absolute atomic E-state index is 0.509. The molecule has 1 fully saturated rings. The fourth-order valence-electron chi connectivity index (χ4n) is 3.15. The maximum absolute atomic E-state index is 6.08. The van der Waals surface area contributed by atoms with E-state index in [-0.39, 0.29) is 0 Å². The molecule has 2 heterocycles. The van der Waals surface area contributed by atoms with Crippen molar-refractivity contribution >= 4 is 22.4 Å². The van der Waals surface area contributed by atoms with Crippen LogP contribution in [-0.2, 0) is 0 Å². The molecular weight excluding hydrogens is 280 g/mol. The molecule has 1 aliphatic rings. The highest BCUT2D eigenvalue weighted by atomic mass is 32.1. The van der Waals surface area contributed by atoms with E-state index < -0.39 is 0 Å². The molecule has 3 rings (SSSR count). The Morgan fingerprint density at radius 1 is 1.24 bits per heavy atom. The Kier molecular flexibility index (Phi) is 4.10. The van der Waals surface area contributed by atoms with Crippen molar-refractivity contribution in [3.63, 3.8) is 0 Å². The van der Waals surface area contributed by atoms with Gasteiger partial charge in [0.1, 0.15) is 10.8 Å². The Labute approximate surface area is 130 Å². The van der Waals surface area contributed by atoms with E-state index in [4.69, 9.17) is 5.73 Å². The minimum atomic E-state index is 0.509. The maximum atomic E-state index is 6.08. The van der Waals surface area contributed by atoms with E-state index in [1.54, 1.807) is 12.4 Å². The van der Waals surface area contributed by atoms with Crippen LogP contribution in [0.4, 0.5) is 10.8 Å². The first-order chi connectivity index (χ1) is 10.2. The van der Waals surface area contributed by atoms with E-state index in [1.165, 1.54) is 30.8 Å². The zero-order valence-electron chi connectivity index (χ0n) is 12.5. The summed E-state index contributed by atoms with van der Waals surface area (Å²) >= 11 is 1.46. The van der Waals surface area contributed by atoms with Crippen LogP contribution in [0.3, 0.4) is 0 Å². The molecule has 0 spiro atoms. The summed E-state index contributed by atoms with van der Waals surface area (Å²) in [6.07, 6.45) is 7.44. The lowest BCUT2D eigenvalue weighted by molar-refractivity contribution is 0.253. The Morgan fingerprint density at radius 2 is 2.00 bits per heavy atom. The van der Waals surface area contributed by atoms with E-state index in [9.17, 15) is 0 Å². The number of nitrogen functional groups attached to an aromatic ring is 1. The van der Waals surface area contributed by atoms with E-state index >= 15 is 0 Å². The fourth-order valence-corrected chi connectivity index (χ4v) is 3.95. The van der Waals surface area contributed by atoms with Gasteiger partial charge in [0.2, 0.25) is 0 Å². The van der Waals surface area contributed by atoms with Gasteiger partial charge in [-0.2, -0.15) is 4.37 Å². The average molecular weight is 302 g/mol. The van der Waals surface area contributed by atoms with Crippen LogP contribution in [0.2, 0.25) is 0 Å². The number of nitrogens with two attached hydrogens (primary N) is 1. The number of aromatic nitrogens is 2. The van der Waals surface area contributed by atoms with Gasteiger partial charge in [-0.25, -0.2) is 0 Å². The molecule has 112 valence electrons. The van der Waals surface area contributed by atoms with Crippen molar-refractivity contribution < 1.29 is 0 Å². The SMILES string of the molecule is CC1CCCC(Nc2snc(N)c2-c2ccncc2)C1C. The van der Waals surface area contributed by atoms with Gasteiger partial charge in [0.15, 0.2) is 0 Å². The largest absolute Gasteiger partial charge is 0.382 e. The normalized spacial score (nSPS) is 25.7. The number of nitrogens with one attached hydrogen (secondary N) is 1. The Morgan fingerprint density at radius 3 is 2.76 bits per heavy atom. The zero-order chi connectivity index (χ0) is 14.8. The standard InChI is InChI=1S/C16H22N4S/c1-10-4-3-5-13(11(10)2)19-16-14(15(17)20-21-16)12-6-8-18-9-7-12/h6-11,13,19H,3-5H2,1-2H3,(H2,17,20). The molecule has 0 radical (unpaired) electrons. The van der Waals surface area contributed by atoms with Gasteiger partial charge in [0.25, 0.3) is 0 Å². The average Bonchev–Trinajstić information content (AvgIpc) is 2.86. The topological polar surface area (TPSA) is 63.8 Å². The molecular formula is C16H22N4S. The molecule has 2 aromatic rings. The van der Waals surface area contributed by atoms with Crippen molar-refractivity contribution in [3.8, 4) is 11.1 Å². The predicted molar refractivity (Wildman–Crippen MR) is 89.3 cm³/mol. The summed E-state index contributed by atoms with van der Waals surface area (Å²) in [4.78, 5) is 4.07. The van der Waals surface area contributed by atoms with Gasteiger partial charge in [-0.1, -0.05) is 26.7 Å². The quantitative estimate of drug-likeness (QED) is 0.898. The molecule has 5 heteroatoms. The number of nitrogens with zero attached hydrogens (tertiary/aromatic N) is 2. The molecule has 0 bridgehead atoms. The van der Waals surface area contributed by atoms with Crippen LogP contribution in [0.1, 0.15) is 33.1 Å². The van der Waals surface area contributed by atoms with Gasteiger partial charge in [-0.3, -0.25) is 4.98 Å². The third-order valence-corrected chi connectivity index (χ3v) is 5.50. The highest BCUT2D eigenvalue weighted by Gasteiger charge is 2.28. The second-order valence-electron chi connectivity index (χ2n) is 6.03. The maximum Gasteiger partial charge on any atom is 0.147 e. The fraction of sp³-hybridized carbons (Fsp3) is 0.500. The van der Waals surface area contributed by atoms with Crippen molar-refractivity contribution in [2.45, 2.75) is 39.2 Å². The van der Waals surface area contributed by atoms with Gasteiger partial charge in [-0.05, 0) is 47.5 Å². The molecule has 0 amide bonds. The van der Waals surface area contributed by atoms with Crippen LogP contribution in [0.5, 0.6) is 0 Å². The Bertz CT molecular complexity index is 596. The van der Waals surface area contributed by atoms with Crippen LogP contribution in [0, 0.1) is 11.8 Å². The van der Waals surface area contributed by atoms with Gasteiger partial charge in [-0.15, -0.1) is 0 Å². The lowest BCUT2D eigenvalue weighted by atomic mass is 9.78. The third kappa shape index (κ3) is 2.88. The highest BCUT2D eigenvalue weighted by Crippen LogP contribution is 2.39. The second-order valence-corrected chi connectivity index (χ2v) is 6.80. The van der Waals surface area contributed by atoms with Crippen LogP contribution in [0.25, 0.3) is 11.1 Å². The van der Waals surface area contributed by atoms with Gasteiger partial charge >= 0.3 is 0 Å². The number of anilines is 2. The van der Waals surface area contributed by atoms with Crippen molar-refractivity contribution in [2.24, 2.45) is 11.8 Å². The van der Waals surface area contributed by atoms with Crippen molar-refractivity contribution in [2.75, 3.05) is 11.1 Å². The monoisotopic (exact) mass is 302 g/mol. The van der Waals surface area contributed by atoms with E-state index in [2.05, 4.69) is 28.5 Å². The number of rotatable bonds is 3. The molecule has 0 aromatic carbocycles. The lowest BCUT2D eigenvalue weighted by Gasteiger charge is -2.35. The van der Waals surface area contributed by atoms with Crippen LogP contribution >= 0.6 is 11.5 Å². The zero-order valence-corrected chi connectivity index (χ0v) is 13.4. The summed E-state index contributed by atoms with van der Waals surface area (Å²) in [5.74, 6) is 2.04. The number of hydrogen-bond donors (Lipinski definition) is 2. The van der Waals surface area contributed by atoms with Crippen molar-refractivity contribution in [3.05, 3.63) is 24.5 Å². The summed E-state index contributed by atoms with van der Waals surface area (Å²) in [5.41, 5.74) is 8.18. The molecule has 0 saturated heterocycles. The highest BCUT2D eigenvalue weighted by molar-refractivity contribution is 7.11. The summed E-state index contributed by atoms with van der Waals surface area (Å²) in [7, 11) is 0. The van der Waals surface area contributed by atoms with Gasteiger partial charge in [0.05, 0.1) is 5.56 Å². The minimum Gasteiger partial charge on any atom is -0.382 e. The van der Waals surface area contributed by atoms with E-state index in [1.807, 2.05) is 12.1 Å². The molecule has 1 saturated carbocycles. The molecule has 3 atom stereocenters. The summed E-state index contributed by atoms with van der Waals surface area (Å²) in [6, 6.07) is 4.48. The van der Waals surface area contributed by atoms with Crippen LogP contribution < -0.4 is 11.1 Å². The van der Waals surface area contributed by atoms with Crippen LogP contribution in [0.15, 0.2) is 24.5 Å². The Hall–Kier alpha value is -1.62. The number of pyridine rings is 1. The van der Waals surface area contributed by atoms with Crippen LogP contribution in [-0.4, -0.2) is 15.4 Å². The van der Waals surface area contributed by atoms with Gasteiger partial charge < -0.3 is 11.1 Å². The predicted octanol–water partition coefficient (Wildman–Crippen LogP) is 4.02. The van der Waals surface area contributed by atoms with Gasteiger partial charge in [0, 0.05) is 18.4 Å². The molecule has 4 nitrogen and oxygen atoms in total. The van der Waals surface area contributed by atoms with E-state index in [0.717, 1.165) is 22.0 Å². The summed E-state index contributed by atoms with van der Waals surface area (Å²) < 4.78 is 4.34. The molecule has 3 unspecified atom stereocenters. The van der Waals surface area contributed by atoms with E-state index in [0.29, 0.717) is 17.8 Å². The van der Waals surface area contributed by atoms with Crippen molar-refractivity contribution in [1.29, 1.82) is 0 Å².